The lowest BCUT2D eigenvalue weighted by molar-refractivity contribution is 0.0907. The maximum Gasteiger partial charge on any atom is 0.287 e. The van der Waals surface area contributed by atoms with Crippen LogP contribution in [-0.2, 0) is 13.7 Å². The first kappa shape index (κ1) is 20.4. The van der Waals surface area contributed by atoms with E-state index in [1.165, 1.54) is 12.1 Å². The van der Waals surface area contributed by atoms with Crippen LogP contribution in [-0.4, -0.2) is 15.7 Å². The summed E-state index contributed by atoms with van der Waals surface area (Å²) in [4.78, 5) is 12.3. The molecule has 3 aromatic rings. The standard InChI is InChI=1S/C19H17F4N3O3/c1-9(12-7-24-26(3)10(12)2)25-19(27)15-5-4-11(29-15)8-28-18-16(22)13(20)6-14(21)17(18)23/h4-7,9H,8H2,1-3H3,(H,25,27). The van der Waals surface area contributed by atoms with E-state index in [0.29, 0.717) is 0 Å². The van der Waals surface area contributed by atoms with Crippen LogP contribution >= 0.6 is 0 Å². The zero-order valence-corrected chi connectivity index (χ0v) is 15.7. The van der Waals surface area contributed by atoms with Crippen molar-refractivity contribution in [1.82, 2.24) is 15.1 Å². The molecule has 1 amide bonds. The van der Waals surface area contributed by atoms with Gasteiger partial charge in [-0.2, -0.15) is 13.9 Å². The maximum absolute atomic E-state index is 13.6. The van der Waals surface area contributed by atoms with Crippen LogP contribution in [0.3, 0.4) is 0 Å². The van der Waals surface area contributed by atoms with Gasteiger partial charge in [0.1, 0.15) is 12.4 Å². The lowest BCUT2D eigenvalue weighted by Crippen LogP contribution is -2.26. The number of aryl methyl sites for hydroxylation is 1. The van der Waals surface area contributed by atoms with E-state index in [1.807, 2.05) is 6.92 Å². The van der Waals surface area contributed by atoms with Crippen molar-refractivity contribution in [2.45, 2.75) is 26.5 Å². The van der Waals surface area contributed by atoms with Crippen molar-refractivity contribution < 1.29 is 31.5 Å². The number of nitrogens with zero attached hydrogens (tertiary/aromatic N) is 2. The minimum atomic E-state index is -1.66. The zero-order chi connectivity index (χ0) is 21.3. The fraction of sp³-hybridized carbons (Fsp3) is 0.263. The first-order valence-corrected chi connectivity index (χ1v) is 8.53. The van der Waals surface area contributed by atoms with Crippen LogP contribution in [0.4, 0.5) is 17.6 Å². The molecule has 2 aromatic heterocycles. The summed E-state index contributed by atoms with van der Waals surface area (Å²) in [5.74, 6) is -8.25. The zero-order valence-electron chi connectivity index (χ0n) is 15.7. The third-order valence-electron chi connectivity index (χ3n) is 4.40. The Labute approximate surface area is 163 Å². The van der Waals surface area contributed by atoms with Gasteiger partial charge in [0.05, 0.1) is 12.2 Å². The number of carbonyl (C=O) groups excluding carboxylic acids is 1. The number of carbonyl (C=O) groups is 1. The molecule has 0 aliphatic heterocycles. The Hall–Kier alpha value is -3.30. The highest BCUT2D eigenvalue weighted by Crippen LogP contribution is 2.27. The number of hydrogen-bond acceptors (Lipinski definition) is 4. The van der Waals surface area contributed by atoms with Crippen LogP contribution in [0.2, 0.25) is 0 Å². The normalized spacial score (nSPS) is 12.1. The van der Waals surface area contributed by atoms with Gasteiger partial charge >= 0.3 is 0 Å². The quantitative estimate of drug-likeness (QED) is 0.493. The third kappa shape index (κ3) is 4.10. The predicted octanol–water partition coefficient (Wildman–Crippen LogP) is 3.95. The van der Waals surface area contributed by atoms with Gasteiger partial charge in [0.25, 0.3) is 5.91 Å². The molecular weight excluding hydrogens is 394 g/mol. The SMILES string of the molecule is Cc1c(C(C)NC(=O)c2ccc(COc3c(F)c(F)cc(F)c3F)o2)cnn1C. The number of rotatable bonds is 6. The summed E-state index contributed by atoms with van der Waals surface area (Å²) in [5, 5.41) is 6.85. The van der Waals surface area contributed by atoms with Crippen LogP contribution in [0.25, 0.3) is 0 Å². The van der Waals surface area contributed by atoms with Gasteiger partial charge in [-0.15, -0.1) is 0 Å². The third-order valence-corrected chi connectivity index (χ3v) is 4.40. The highest BCUT2D eigenvalue weighted by Gasteiger charge is 2.22. The van der Waals surface area contributed by atoms with Gasteiger partial charge in [-0.1, -0.05) is 0 Å². The number of benzene rings is 1. The van der Waals surface area contributed by atoms with E-state index in [9.17, 15) is 22.4 Å². The molecule has 3 rings (SSSR count). The van der Waals surface area contributed by atoms with Crippen LogP contribution in [0, 0.1) is 30.2 Å². The summed E-state index contributed by atoms with van der Waals surface area (Å²) in [7, 11) is 1.78. The molecule has 0 saturated heterocycles. The second-order valence-corrected chi connectivity index (χ2v) is 6.36. The van der Waals surface area contributed by atoms with E-state index in [4.69, 9.17) is 9.15 Å². The highest BCUT2D eigenvalue weighted by atomic mass is 19.2. The second-order valence-electron chi connectivity index (χ2n) is 6.36. The minimum Gasteiger partial charge on any atom is -0.479 e. The number of amides is 1. The number of furan rings is 1. The van der Waals surface area contributed by atoms with Crippen molar-refractivity contribution >= 4 is 5.91 Å². The van der Waals surface area contributed by atoms with Crippen LogP contribution in [0.15, 0.2) is 28.8 Å². The van der Waals surface area contributed by atoms with E-state index in [-0.39, 0.29) is 23.6 Å². The molecular formula is C19H17F4N3O3. The molecule has 1 atom stereocenters. The lowest BCUT2D eigenvalue weighted by Gasteiger charge is -2.12. The average molecular weight is 411 g/mol. The Bertz CT molecular complexity index is 1040. The fourth-order valence-electron chi connectivity index (χ4n) is 2.69. The van der Waals surface area contributed by atoms with Crippen molar-refractivity contribution in [2.24, 2.45) is 7.05 Å². The first-order chi connectivity index (χ1) is 13.7. The highest BCUT2D eigenvalue weighted by molar-refractivity contribution is 5.91. The number of aromatic nitrogens is 2. The molecule has 29 heavy (non-hydrogen) atoms. The molecule has 0 fully saturated rings. The minimum absolute atomic E-state index is 0.0313. The lowest BCUT2D eigenvalue weighted by atomic mass is 10.1. The summed E-state index contributed by atoms with van der Waals surface area (Å²) in [6, 6.07) is 2.42. The fourth-order valence-corrected chi connectivity index (χ4v) is 2.69. The topological polar surface area (TPSA) is 69.3 Å². The van der Waals surface area contributed by atoms with E-state index < -0.39 is 41.5 Å². The van der Waals surface area contributed by atoms with E-state index in [2.05, 4.69) is 10.4 Å². The van der Waals surface area contributed by atoms with E-state index in [1.54, 1.807) is 24.9 Å². The van der Waals surface area contributed by atoms with Gasteiger partial charge in [-0.3, -0.25) is 9.48 Å². The molecule has 154 valence electrons. The number of halogens is 4. The largest absolute Gasteiger partial charge is 0.479 e. The molecule has 2 heterocycles. The summed E-state index contributed by atoms with van der Waals surface area (Å²) in [6.07, 6.45) is 1.64. The van der Waals surface area contributed by atoms with Gasteiger partial charge in [-0.05, 0) is 26.0 Å². The molecule has 0 aliphatic carbocycles. The summed E-state index contributed by atoms with van der Waals surface area (Å²) in [6.45, 7) is 3.10. The average Bonchev–Trinajstić information content (AvgIpc) is 3.27. The Kier molecular flexibility index (Phi) is 5.62. The molecule has 1 unspecified atom stereocenters. The van der Waals surface area contributed by atoms with Crippen LogP contribution < -0.4 is 10.1 Å². The van der Waals surface area contributed by atoms with Crippen molar-refractivity contribution in [3.8, 4) is 5.75 Å². The van der Waals surface area contributed by atoms with Crippen molar-refractivity contribution in [2.75, 3.05) is 0 Å². The van der Waals surface area contributed by atoms with Crippen molar-refractivity contribution in [1.29, 1.82) is 0 Å². The molecule has 0 aliphatic rings. The molecule has 10 heteroatoms. The van der Waals surface area contributed by atoms with Crippen LogP contribution in [0.5, 0.6) is 5.75 Å². The summed E-state index contributed by atoms with van der Waals surface area (Å²) < 4.78 is 65.4. The Morgan fingerprint density at radius 2 is 1.90 bits per heavy atom. The number of nitrogens with one attached hydrogen (secondary N) is 1. The smallest absolute Gasteiger partial charge is 0.287 e. The Morgan fingerprint density at radius 1 is 1.24 bits per heavy atom. The number of hydrogen-bond donors (Lipinski definition) is 1. The monoisotopic (exact) mass is 411 g/mol. The van der Waals surface area contributed by atoms with Crippen molar-refractivity contribution in [3.05, 3.63) is 70.4 Å². The number of ether oxygens (including phenoxy) is 1. The summed E-state index contributed by atoms with van der Waals surface area (Å²) in [5.41, 5.74) is 1.72. The van der Waals surface area contributed by atoms with Crippen molar-refractivity contribution in [3.63, 3.8) is 0 Å². The van der Waals surface area contributed by atoms with E-state index in [0.717, 1.165) is 11.3 Å². The Morgan fingerprint density at radius 3 is 2.48 bits per heavy atom. The van der Waals surface area contributed by atoms with Gasteiger partial charge in [0, 0.05) is 24.4 Å². The second kappa shape index (κ2) is 7.98. The van der Waals surface area contributed by atoms with Gasteiger partial charge in [0.2, 0.25) is 11.6 Å². The van der Waals surface area contributed by atoms with E-state index >= 15 is 0 Å². The predicted molar refractivity (Wildman–Crippen MR) is 93.1 cm³/mol. The van der Waals surface area contributed by atoms with Gasteiger partial charge < -0.3 is 14.5 Å². The van der Waals surface area contributed by atoms with Crippen LogP contribution in [0.1, 0.15) is 40.5 Å². The molecule has 0 saturated carbocycles. The van der Waals surface area contributed by atoms with Gasteiger partial charge in [0.15, 0.2) is 23.1 Å². The maximum atomic E-state index is 13.6. The summed E-state index contributed by atoms with van der Waals surface area (Å²) >= 11 is 0. The van der Waals surface area contributed by atoms with Gasteiger partial charge in [-0.25, -0.2) is 8.78 Å². The Balaban J connectivity index is 1.67. The molecule has 0 bridgehead atoms. The first-order valence-electron chi connectivity index (χ1n) is 8.53. The molecule has 1 aromatic carbocycles. The molecule has 0 radical (unpaired) electrons. The molecule has 1 N–H and O–H groups in total. The molecule has 0 spiro atoms. The molecule has 6 nitrogen and oxygen atoms in total.